The summed E-state index contributed by atoms with van der Waals surface area (Å²) in [6.07, 6.45) is 1.58. The topological polar surface area (TPSA) is 66.9 Å². The molecule has 0 bridgehead atoms. The lowest BCUT2D eigenvalue weighted by atomic mass is 10.1. The Morgan fingerprint density at radius 3 is 2.80 bits per heavy atom. The number of allylic oxidation sites excluding steroid dienone is 1. The van der Waals surface area contributed by atoms with E-state index in [4.69, 9.17) is 12.2 Å². The van der Waals surface area contributed by atoms with Crippen molar-refractivity contribution in [2.75, 3.05) is 5.32 Å². The molecule has 25 heavy (non-hydrogen) atoms. The number of aromatic nitrogens is 2. The second-order valence-corrected chi connectivity index (χ2v) is 5.72. The van der Waals surface area contributed by atoms with E-state index >= 15 is 0 Å². The van der Waals surface area contributed by atoms with Gasteiger partial charge in [0.15, 0.2) is 4.77 Å². The van der Waals surface area contributed by atoms with E-state index in [1.807, 2.05) is 0 Å². The van der Waals surface area contributed by atoms with Gasteiger partial charge in [-0.05, 0) is 42.5 Å². The Kier molecular flexibility index (Phi) is 4.58. The van der Waals surface area contributed by atoms with Gasteiger partial charge >= 0.3 is 0 Å². The fourth-order valence-electron chi connectivity index (χ4n) is 2.45. The van der Waals surface area contributed by atoms with Crippen molar-refractivity contribution in [2.24, 2.45) is 0 Å². The molecule has 0 unspecified atom stereocenters. The number of carbonyl (C=O) groups excluding carboxylic acids is 1. The summed E-state index contributed by atoms with van der Waals surface area (Å²) in [5.74, 6) is -1.01. The van der Waals surface area contributed by atoms with Crippen LogP contribution in [0.15, 0.2) is 59.9 Å². The highest BCUT2D eigenvalue weighted by Crippen LogP contribution is 2.16. The fourth-order valence-corrected chi connectivity index (χ4v) is 2.72. The quantitative estimate of drug-likeness (QED) is 0.555. The van der Waals surface area contributed by atoms with E-state index in [0.29, 0.717) is 17.4 Å². The van der Waals surface area contributed by atoms with Crippen molar-refractivity contribution in [2.45, 2.75) is 6.54 Å². The Labute approximate surface area is 147 Å². The van der Waals surface area contributed by atoms with Gasteiger partial charge < -0.3 is 10.3 Å². The summed E-state index contributed by atoms with van der Waals surface area (Å²) < 4.78 is 15.3. The standard InChI is InChI=1S/C18H14FN3O2S/c1-2-9-22-17(24)12-8-7-11(10-15(12)21-18(22)25)16(23)20-14-6-4-3-5-13(14)19/h2-8,10H,1,9H2,(H,20,23)(H,21,25). The van der Waals surface area contributed by atoms with Gasteiger partial charge in [-0.15, -0.1) is 6.58 Å². The van der Waals surface area contributed by atoms with Gasteiger partial charge in [0.25, 0.3) is 11.5 Å². The second kappa shape index (κ2) is 6.82. The molecule has 0 aliphatic rings. The van der Waals surface area contributed by atoms with Crippen molar-refractivity contribution in [1.82, 2.24) is 9.55 Å². The zero-order chi connectivity index (χ0) is 18.0. The smallest absolute Gasteiger partial charge is 0.262 e. The van der Waals surface area contributed by atoms with Gasteiger partial charge in [0.2, 0.25) is 0 Å². The summed E-state index contributed by atoms with van der Waals surface area (Å²) in [6, 6.07) is 10.5. The van der Waals surface area contributed by atoms with Gasteiger partial charge in [0.05, 0.1) is 16.6 Å². The number of anilines is 1. The third-order valence-electron chi connectivity index (χ3n) is 3.68. The first-order valence-electron chi connectivity index (χ1n) is 7.45. The molecule has 1 amide bonds. The lowest BCUT2D eigenvalue weighted by Crippen LogP contribution is -2.22. The van der Waals surface area contributed by atoms with Crippen molar-refractivity contribution in [3.63, 3.8) is 0 Å². The van der Waals surface area contributed by atoms with Crippen LogP contribution in [0.2, 0.25) is 0 Å². The molecule has 7 heteroatoms. The highest BCUT2D eigenvalue weighted by Gasteiger charge is 2.12. The number of fused-ring (bicyclic) bond motifs is 1. The van der Waals surface area contributed by atoms with E-state index in [0.717, 1.165) is 0 Å². The molecule has 2 N–H and O–H groups in total. The molecule has 3 aromatic rings. The maximum atomic E-state index is 13.7. The van der Waals surface area contributed by atoms with Crippen LogP contribution in [0.3, 0.4) is 0 Å². The lowest BCUT2D eigenvalue weighted by molar-refractivity contribution is 0.102. The zero-order valence-electron chi connectivity index (χ0n) is 13.1. The Morgan fingerprint density at radius 1 is 1.32 bits per heavy atom. The van der Waals surface area contributed by atoms with E-state index in [2.05, 4.69) is 16.9 Å². The number of benzene rings is 2. The summed E-state index contributed by atoms with van der Waals surface area (Å²) in [5.41, 5.74) is 0.542. The number of para-hydroxylation sites is 1. The molecule has 0 atom stereocenters. The molecule has 1 heterocycles. The maximum Gasteiger partial charge on any atom is 0.262 e. The summed E-state index contributed by atoms with van der Waals surface area (Å²) in [6.45, 7) is 3.89. The molecule has 5 nitrogen and oxygen atoms in total. The molecule has 0 saturated heterocycles. The highest BCUT2D eigenvalue weighted by atomic mass is 32.1. The minimum Gasteiger partial charge on any atom is -0.332 e. The molecule has 1 aromatic heterocycles. The van der Waals surface area contributed by atoms with E-state index in [9.17, 15) is 14.0 Å². The molecule has 0 aliphatic heterocycles. The number of H-pyrrole nitrogens is 1. The third-order valence-corrected chi connectivity index (χ3v) is 4.00. The van der Waals surface area contributed by atoms with Crippen LogP contribution in [0, 0.1) is 10.6 Å². The number of hydrogen-bond acceptors (Lipinski definition) is 3. The third kappa shape index (κ3) is 3.27. The average molecular weight is 355 g/mol. The number of amides is 1. The Balaban J connectivity index is 2.01. The monoisotopic (exact) mass is 355 g/mol. The van der Waals surface area contributed by atoms with Gasteiger partial charge in [0.1, 0.15) is 5.82 Å². The van der Waals surface area contributed by atoms with Crippen molar-refractivity contribution >= 4 is 34.7 Å². The number of carbonyl (C=O) groups is 1. The van der Waals surface area contributed by atoms with Crippen molar-refractivity contribution in [1.29, 1.82) is 0 Å². The molecule has 0 aliphatic carbocycles. The predicted molar refractivity (Wildman–Crippen MR) is 97.9 cm³/mol. The van der Waals surface area contributed by atoms with Gasteiger partial charge in [-0.3, -0.25) is 14.2 Å². The lowest BCUT2D eigenvalue weighted by Gasteiger charge is -2.09. The Morgan fingerprint density at radius 2 is 2.08 bits per heavy atom. The Bertz CT molecular complexity index is 1100. The number of hydrogen-bond donors (Lipinski definition) is 2. The van der Waals surface area contributed by atoms with Gasteiger partial charge in [-0.1, -0.05) is 18.2 Å². The largest absolute Gasteiger partial charge is 0.332 e. The number of nitrogens with one attached hydrogen (secondary N) is 2. The van der Waals surface area contributed by atoms with Crippen LogP contribution in [0.5, 0.6) is 0 Å². The number of rotatable bonds is 4. The maximum absolute atomic E-state index is 13.7. The molecule has 3 rings (SSSR count). The summed E-state index contributed by atoms with van der Waals surface area (Å²) >= 11 is 5.17. The van der Waals surface area contributed by atoms with E-state index in [1.54, 1.807) is 18.2 Å². The number of halogens is 1. The van der Waals surface area contributed by atoms with Crippen molar-refractivity contribution in [3.8, 4) is 0 Å². The van der Waals surface area contributed by atoms with Gasteiger partial charge in [0, 0.05) is 12.1 Å². The molecule has 0 spiro atoms. The van der Waals surface area contributed by atoms with Crippen molar-refractivity contribution in [3.05, 3.63) is 81.6 Å². The van der Waals surface area contributed by atoms with Crippen LogP contribution in [0.4, 0.5) is 10.1 Å². The van der Waals surface area contributed by atoms with E-state index in [-0.39, 0.29) is 21.6 Å². The van der Waals surface area contributed by atoms with Gasteiger partial charge in [-0.25, -0.2) is 4.39 Å². The van der Waals surface area contributed by atoms with E-state index in [1.165, 1.54) is 34.9 Å². The normalized spacial score (nSPS) is 10.6. The first kappa shape index (κ1) is 16.8. The number of aromatic amines is 1. The summed E-state index contributed by atoms with van der Waals surface area (Å²) in [4.78, 5) is 27.7. The summed E-state index contributed by atoms with van der Waals surface area (Å²) in [7, 11) is 0. The van der Waals surface area contributed by atoms with Crippen LogP contribution in [0.25, 0.3) is 10.9 Å². The molecule has 126 valence electrons. The fraction of sp³-hybridized carbons (Fsp3) is 0.0556. The van der Waals surface area contributed by atoms with Crippen molar-refractivity contribution < 1.29 is 9.18 Å². The second-order valence-electron chi connectivity index (χ2n) is 5.33. The molecule has 2 aromatic carbocycles. The van der Waals surface area contributed by atoms with Crippen LogP contribution in [-0.4, -0.2) is 15.5 Å². The summed E-state index contributed by atoms with van der Waals surface area (Å²) in [5, 5.41) is 2.90. The molecule has 0 saturated carbocycles. The molecule has 0 radical (unpaired) electrons. The average Bonchev–Trinajstić information content (AvgIpc) is 2.60. The minimum atomic E-state index is -0.525. The van der Waals surface area contributed by atoms with Crippen LogP contribution >= 0.6 is 12.2 Å². The van der Waals surface area contributed by atoms with Gasteiger partial charge in [-0.2, -0.15) is 0 Å². The predicted octanol–water partition coefficient (Wildman–Crippen LogP) is 3.64. The highest BCUT2D eigenvalue weighted by molar-refractivity contribution is 7.71. The zero-order valence-corrected chi connectivity index (χ0v) is 13.9. The van der Waals surface area contributed by atoms with Crippen LogP contribution < -0.4 is 10.9 Å². The minimum absolute atomic E-state index is 0.0851. The van der Waals surface area contributed by atoms with Crippen LogP contribution in [0.1, 0.15) is 10.4 Å². The first-order valence-corrected chi connectivity index (χ1v) is 7.85. The molecular formula is C18H14FN3O2S. The Hall–Kier alpha value is -3.06. The number of nitrogens with zero attached hydrogens (tertiary/aromatic N) is 1. The molecule has 0 fully saturated rings. The van der Waals surface area contributed by atoms with E-state index < -0.39 is 11.7 Å². The van der Waals surface area contributed by atoms with Crippen LogP contribution in [-0.2, 0) is 6.54 Å². The molecular weight excluding hydrogens is 341 g/mol. The SMILES string of the molecule is C=CCn1c(=S)[nH]c2cc(C(=O)Nc3ccccc3F)ccc2c1=O. The first-order chi connectivity index (χ1) is 12.0.